The first-order chi connectivity index (χ1) is 16.2. The van der Waals surface area contributed by atoms with E-state index in [4.69, 9.17) is 4.74 Å². The zero-order valence-electron chi connectivity index (χ0n) is 17.5. The number of hydrogen-bond acceptors (Lipinski definition) is 8. The molecule has 34 heavy (non-hydrogen) atoms. The summed E-state index contributed by atoms with van der Waals surface area (Å²) in [5.74, 6) is -1.42. The van der Waals surface area contributed by atoms with Gasteiger partial charge in [-0.2, -0.15) is 8.78 Å². The fourth-order valence-electron chi connectivity index (χ4n) is 2.64. The van der Waals surface area contributed by atoms with Crippen molar-refractivity contribution in [2.75, 3.05) is 5.32 Å². The zero-order chi connectivity index (χ0) is 24.7. The Morgan fingerprint density at radius 1 is 1.21 bits per heavy atom. The standard InChI is InChI=1S/C22H17F2N3O6S/c1-13(32-19(28)10-7-14-5-8-17(9-6-14)33-21(23)24)20(29)26-22-25-18(12-34-22)15-3-2-4-16(11-15)27(30)31/h2-13,21H,1H3,(H,25,26,29)/b10-7+. The van der Waals surface area contributed by atoms with Gasteiger partial charge in [0.15, 0.2) is 11.2 Å². The third kappa shape index (κ3) is 6.90. The summed E-state index contributed by atoms with van der Waals surface area (Å²) in [5.41, 5.74) is 1.42. The molecule has 0 bridgehead atoms. The molecule has 0 spiro atoms. The predicted octanol–water partition coefficient (Wildman–Crippen LogP) is 4.90. The Morgan fingerprint density at radius 3 is 2.62 bits per heavy atom. The summed E-state index contributed by atoms with van der Waals surface area (Å²) in [6.07, 6.45) is 1.35. The lowest BCUT2D eigenvalue weighted by molar-refractivity contribution is -0.384. The molecule has 176 valence electrons. The van der Waals surface area contributed by atoms with Crippen LogP contribution < -0.4 is 10.1 Å². The molecule has 0 aliphatic heterocycles. The number of carbonyl (C=O) groups excluding carboxylic acids is 2. The van der Waals surface area contributed by atoms with Gasteiger partial charge in [-0.15, -0.1) is 11.3 Å². The minimum atomic E-state index is -2.93. The zero-order valence-corrected chi connectivity index (χ0v) is 18.3. The Bertz CT molecular complexity index is 1210. The van der Waals surface area contributed by atoms with Gasteiger partial charge < -0.3 is 9.47 Å². The van der Waals surface area contributed by atoms with Crippen LogP contribution in [0, 0.1) is 10.1 Å². The SMILES string of the molecule is CC(OC(=O)/C=C/c1ccc(OC(F)F)cc1)C(=O)Nc1nc(-c2cccc([N+](=O)[O-])c2)cs1. The van der Waals surface area contributed by atoms with Gasteiger partial charge in [0, 0.05) is 29.2 Å². The Hall–Kier alpha value is -4.19. The highest BCUT2D eigenvalue weighted by Gasteiger charge is 2.18. The molecule has 2 aromatic carbocycles. The summed E-state index contributed by atoms with van der Waals surface area (Å²) < 4.78 is 33.6. The van der Waals surface area contributed by atoms with E-state index >= 15 is 0 Å². The lowest BCUT2D eigenvalue weighted by atomic mass is 10.1. The molecule has 1 amide bonds. The van der Waals surface area contributed by atoms with E-state index in [9.17, 15) is 28.5 Å². The normalized spacial score (nSPS) is 11.9. The van der Waals surface area contributed by atoms with Crippen molar-refractivity contribution in [1.29, 1.82) is 0 Å². The van der Waals surface area contributed by atoms with Crippen molar-refractivity contribution in [2.24, 2.45) is 0 Å². The Kier molecular flexibility index (Phi) is 7.98. The number of benzene rings is 2. The van der Waals surface area contributed by atoms with Crippen LogP contribution in [-0.4, -0.2) is 34.5 Å². The van der Waals surface area contributed by atoms with Crippen molar-refractivity contribution in [3.8, 4) is 17.0 Å². The van der Waals surface area contributed by atoms with Gasteiger partial charge >= 0.3 is 12.6 Å². The minimum Gasteiger partial charge on any atom is -0.449 e. The average molecular weight is 489 g/mol. The summed E-state index contributed by atoms with van der Waals surface area (Å²) in [4.78, 5) is 39.0. The highest BCUT2D eigenvalue weighted by Crippen LogP contribution is 2.27. The van der Waals surface area contributed by atoms with E-state index in [1.165, 1.54) is 55.5 Å². The van der Waals surface area contributed by atoms with Gasteiger partial charge in [-0.05, 0) is 30.7 Å². The van der Waals surface area contributed by atoms with Crippen molar-refractivity contribution >= 4 is 40.1 Å². The largest absolute Gasteiger partial charge is 0.449 e. The van der Waals surface area contributed by atoms with Gasteiger partial charge in [0.05, 0.1) is 10.6 Å². The summed E-state index contributed by atoms with van der Waals surface area (Å²) in [6, 6.07) is 11.5. The second-order valence-electron chi connectivity index (χ2n) is 6.69. The first kappa shape index (κ1) is 24.5. The quantitative estimate of drug-likeness (QED) is 0.196. The number of rotatable bonds is 9. The van der Waals surface area contributed by atoms with Crippen LogP contribution in [0.25, 0.3) is 17.3 Å². The number of amides is 1. The number of halogens is 2. The first-order valence-corrected chi connectivity index (χ1v) is 10.5. The molecule has 12 heteroatoms. The fourth-order valence-corrected chi connectivity index (χ4v) is 3.36. The van der Waals surface area contributed by atoms with Crippen LogP contribution in [0.4, 0.5) is 19.6 Å². The van der Waals surface area contributed by atoms with Gasteiger partial charge in [-0.1, -0.05) is 24.3 Å². The topological polar surface area (TPSA) is 121 Å². The average Bonchev–Trinajstić information content (AvgIpc) is 3.26. The third-order valence-electron chi connectivity index (χ3n) is 4.27. The van der Waals surface area contributed by atoms with Crippen molar-refractivity contribution in [3.63, 3.8) is 0 Å². The molecule has 1 N–H and O–H groups in total. The molecule has 3 rings (SSSR count). The molecule has 0 saturated carbocycles. The molecule has 0 aliphatic rings. The number of alkyl halides is 2. The maximum Gasteiger partial charge on any atom is 0.387 e. The molecule has 0 radical (unpaired) electrons. The van der Waals surface area contributed by atoms with Crippen LogP contribution in [0.3, 0.4) is 0 Å². The number of ether oxygens (including phenoxy) is 2. The number of anilines is 1. The van der Waals surface area contributed by atoms with Crippen molar-refractivity contribution in [3.05, 3.63) is 75.7 Å². The van der Waals surface area contributed by atoms with Crippen LogP contribution >= 0.6 is 11.3 Å². The minimum absolute atomic E-state index is 0.0177. The lowest BCUT2D eigenvalue weighted by Gasteiger charge is -2.10. The number of nitrogens with zero attached hydrogens (tertiary/aromatic N) is 2. The number of nitro benzene ring substituents is 1. The summed E-state index contributed by atoms with van der Waals surface area (Å²) in [5, 5.41) is 15.3. The third-order valence-corrected chi connectivity index (χ3v) is 5.02. The number of carbonyl (C=O) groups is 2. The number of nitrogens with one attached hydrogen (secondary N) is 1. The summed E-state index contributed by atoms with van der Waals surface area (Å²) >= 11 is 1.11. The lowest BCUT2D eigenvalue weighted by Crippen LogP contribution is -2.29. The number of esters is 1. The summed E-state index contributed by atoms with van der Waals surface area (Å²) in [7, 11) is 0. The van der Waals surface area contributed by atoms with E-state index in [1.807, 2.05) is 0 Å². The molecule has 1 heterocycles. The van der Waals surface area contributed by atoms with Gasteiger partial charge in [0.2, 0.25) is 0 Å². The second kappa shape index (κ2) is 11.1. The van der Waals surface area contributed by atoms with E-state index in [0.717, 1.165) is 17.4 Å². The molecular weight excluding hydrogens is 472 g/mol. The maximum atomic E-state index is 12.3. The van der Waals surface area contributed by atoms with E-state index in [-0.39, 0.29) is 16.6 Å². The Balaban J connectivity index is 1.54. The Morgan fingerprint density at radius 2 is 1.94 bits per heavy atom. The van der Waals surface area contributed by atoms with E-state index in [1.54, 1.807) is 11.4 Å². The van der Waals surface area contributed by atoms with Gasteiger partial charge in [0.25, 0.3) is 11.6 Å². The molecule has 0 saturated heterocycles. The van der Waals surface area contributed by atoms with Crippen molar-refractivity contribution < 1.29 is 32.8 Å². The van der Waals surface area contributed by atoms with Crippen LogP contribution in [0.2, 0.25) is 0 Å². The van der Waals surface area contributed by atoms with E-state index < -0.39 is 29.5 Å². The number of thiazole rings is 1. The highest BCUT2D eigenvalue weighted by atomic mass is 32.1. The van der Waals surface area contributed by atoms with Crippen molar-refractivity contribution in [2.45, 2.75) is 19.6 Å². The fraction of sp³-hybridized carbons (Fsp3) is 0.136. The molecule has 1 aromatic heterocycles. The first-order valence-electron chi connectivity index (χ1n) is 9.66. The molecule has 0 fully saturated rings. The molecular formula is C22H17F2N3O6S. The van der Waals surface area contributed by atoms with Gasteiger partial charge in [0.1, 0.15) is 5.75 Å². The van der Waals surface area contributed by atoms with Crippen LogP contribution in [-0.2, 0) is 14.3 Å². The maximum absolute atomic E-state index is 12.3. The van der Waals surface area contributed by atoms with Gasteiger partial charge in [-0.3, -0.25) is 20.2 Å². The number of aromatic nitrogens is 1. The van der Waals surface area contributed by atoms with Crippen LogP contribution in [0.15, 0.2) is 60.0 Å². The smallest absolute Gasteiger partial charge is 0.387 e. The molecule has 1 atom stereocenters. The molecule has 9 nitrogen and oxygen atoms in total. The van der Waals surface area contributed by atoms with E-state index in [2.05, 4.69) is 15.0 Å². The summed E-state index contributed by atoms with van der Waals surface area (Å²) in [6.45, 7) is -1.55. The van der Waals surface area contributed by atoms with E-state index in [0.29, 0.717) is 16.8 Å². The number of nitro groups is 1. The molecule has 3 aromatic rings. The highest BCUT2D eigenvalue weighted by molar-refractivity contribution is 7.14. The Labute approximate surface area is 195 Å². The molecule has 0 aliphatic carbocycles. The second-order valence-corrected chi connectivity index (χ2v) is 7.55. The number of non-ortho nitro benzene ring substituents is 1. The monoisotopic (exact) mass is 489 g/mol. The van der Waals surface area contributed by atoms with Crippen LogP contribution in [0.1, 0.15) is 12.5 Å². The van der Waals surface area contributed by atoms with Crippen LogP contribution in [0.5, 0.6) is 5.75 Å². The van der Waals surface area contributed by atoms with Crippen molar-refractivity contribution in [1.82, 2.24) is 4.98 Å². The predicted molar refractivity (Wildman–Crippen MR) is 120 cm³/mol. The number of hydrogen-bond donors (Lipinski definition) is 1. The van der Waals surface area contributed by atoms with Gasteiger partial charge in [-0.25, -0.2) is 9.78 Å². The molecule has 1 unspecified atom stereocenters.